The molecule has 32 heavy (non-hydrogen) atoms. The molecule has 2 aromatic rings. The average molecular weight is 451 g/mol. The van der Waals surface area contributed by atoms with Crippen molar-refractivity contribution in [2.45, 2.75) is 51.4 Å². The number of hydrogen-bond acceptors (Lipinski definition) is 3. The summed E-state index contributed by atoms with van der Waals surface area (Å²) in [6.07, 6.45) is 7.33. The van der Waals surface area contributed by atoms with Gasteiger partial charge in [-0.1, -0.05) is 29.8 Å². The molecule has 5 heteroatoms. The number of amides is 1. The monoisotopic (exact) mass is 450 g/mol. The summed E-state index contributed by atoms with van der Waals surface area (Å²) < 4.78 is 0. The summed E-state index contributed by atoms with van der Waals surface area (Å²) in [5.74, 6) is 1.33. The van der Waals surface area contributed by atoms with Crippen LogP contribution in [0.15, 0.2) is 36.4 Å². The maximum atomic E-state index is 13.3. The van der Waals surface area contributed by atoms with Crippen LogP contribution in [0.5, 0.6) is 0 Å². The van der Waals surface area contributed by atoms with Gasteiger partial charge in [0.15, 0.2) is 5.78 Å². The zero-order chi connectivity index (χ0) is 22.1. The van der Waals surface area contributed by atoms with Gasteiger partial charge in [0.05, 0.1) is 5.69 Å². The summed E-state index contributed by atoms with van der Waals surface area (Å²) in [4.78, 5) is 27.3. The van der Waals surface area contributed by atoms with Gasteiger partial charge in [-0.25, -0.2) is 0 Å². The molecule has 0 radical (unpaired) electrons. The van der Waals surface area contributed by atoms with E-state index in [4.69, 9.17) is 11.6 Å². The fourth-order valence-electron chi connectivity index (χ4n) is 5.69. The smallest absolute Gasteiger partial charge is 0.227 e. The number of nitrogens with zero attached hydrogens (tertiary/aromatic N) is 1. The van der Waals surface area contributed by atoms with Crippen molar-refractivity contribution in [3.8, 4) is 0 Å². The summed E-state index contributed by atoms with van der Waals surface area (Å²) in [7, 11) is 0. The van der Waals surface area contributed by atoms with E-state index >= 15 is 0 Å². The molecule has 1 fully saturated rings. The zero-order valence-electron chi connectivity index (χ0n) is 18.5. The largest absolute Gasteiger partial charge is 0.316 e. The number of anilines is 1. The Morgan fingerprint density at radius 3 is 2.56 bits per heavy atom. The van der Waals surface area contributed by atoms with E-state index in [0.717, 1.165) is 80.9 Å². The van der Waals surface area contributed by atoms with Crippen LogP contribution < -0.4 is 10.2 Å². The third kappa shape index (κ3) is 4.35. The SMILES string of the molecule is O=C(c1cc2c3c(c1)CCN3C(=O)CC2)C1CCC(CNCCc2ccccc2Cl)CC1. The molecule has 0 atom stereocenters. The molecule has 0 aromatic heterocycles. The number of rotatable bonds is 7. The van der Waals surface area contributed by atoms with Gasteiger partial charge in [-0.3, -0.25) is 9.59 Å². The van der Waals surface area contributed by atoms with Gasteiger partial charge in [0.2, 0.25) is 5.91 Å². The molecule has 0 saturated heterocycles. The predicted octanol–water partition coefficient (Wildman–Crippen LogP) is 5.00. The van der Waals surface area contributed by atoms with E-state index in [1.165, 1.54) is 16.7 Å². The molecule has 3 aliphatic rings. The van der Waals surface area contributed by atoms with E-state index < -0.39 is 0 Å². The van der Waals surface area contributed by atoms with Crippen LogP contribution >= 0.6 is 11.6 Å². The van der Waals surface area contributed by atoms with Gasteiger partial charge in [-0.15, -0.1) is 0 Å². The van der Waals surface area contributed by atoms with Gasteiger partial charge < -0.3 is 10.2 Å². The molecule has 1 N–H and O–H groups in total. The molecule has 2 heterocycles. The van der Waals surface area contributed by atoms with Crippen molar-refractivity contribution in [2.75, 3.05) is 24.5 Å². The van der Waals surface area contributed by atoms with E-state index in [9.17, 15) is 9.59 Å². The van der Waals surface area contributed by atoms with Crippen molar-refractivity contribution in [3.63, 3.8) is 0 Å². The van der Waals surface area contributed by atoms with Gasteiger partial charge in [-0.2, -0.15) is 0 Å². The number of benzene rings is 2. The molecule has 4 nitrogen and oxygen atoms in total. The highest BCUT2D eigenvalue weighted by atomic mass is 35.5. The zero-order valence-corrected chi connectivity index (χ0v) is 19.3. The molecule has 1 amide bonds. The van der Waals surface area contributed by atoms with Crippen molar-refractivity contribution in [1.82, 2.24) is 5.32 Å². The molecule has 168 valence electrons. The van der Waals surface area contributed by atoms with E-state index in [-0.39, 0.29) is 11.8 Å². The fraction of sp³-hybridized carbons (Fsp3) is 0.481. The molecule has 0 bridgehead atoms. The summed E-state index contributed by atoms with van der Waals surface area (Å²) in [6, 6.07) is 12.2. The van der Waals surface area contributed by atoms with Gasteiger partial charge in [0, 0.05) is 29.5 Å². The lowest BCUT2D eigenvalue weighted by atomic mass is 9.78. The summed E-state index contributed by atoms with van der Waals surface area (Å²) in [5.41, 5.74) is 5.55. The van der Waals surface area contributed by atoms with Gasteiger partial charge in [0.25, 0.3) is 0 Å². The number of ketones is 1. The Labute approximate surface area is 195 Å². The Bertz CT molecular complexity index is 1030. The van der Waals surface area contributed by atoms with E-state index in [1.807, 2.05) is 23.1 Å². The highest BCUT2D eigenvalue weighted by molar-refractivity contribution is 6.31. The molecule has 2 aromatic carbocycles. The second kappa shape index (κ2) is 9.36. The number of nitrogens with one attached hydrogen (secondary N) is 1. The topological polar surface area (TPSA) is 49.4 Å². The molecule has 1 aliphatic carbocycles. The summed E-state index contributed by atoms with van der Waals surface area (Å²) >= 11 is 6.24. The van der Waals surface area contributed by atoms with Crippen LogP contribution in [0.2, 0.25) is 5.02 Å². The van der Waals surface area contributed by atoms with Crippen molar-refractivity contribution >= 4 is 29.0 Å². The summed E-state index contributed by atoms with van der Waals surface area (Å²) in [5, 5.41) is 4.43. The number of carbonyl (C=O) groups is 2. The van der Waals surface area contributed by atoms with E-state index in [0.29, 0.717) is 18.1 Å². The minimum Gasteiger partial charge on any atom is -0.316 e. The van der Waals surface area contributed by atoms with Crippen molar-refractivity contribution in [1.29, 1.82) is 0 Å². The quantitative estimate of drug-likeness (QED) is 0.477. The maximum Gasteiger partial charge on any atom is 0.227 e. The van der Waals surface area contributed by atoms with E-state index in [1.54, 1.807) is 0 Å². The first-order valence-corrected chi connectivity index (χ1v) is 12.4. The van der Waals surface area contributed by atoms with Gasteiger partial charge in [-0.05, 0) is 98.8 Å². The minimum atomic E-state index is 0.141. The lowest BCUT2D eigenvalue weighted by Crippen LogP contribution is -2.33. The second-order valence-corrected chi connectivity index (χ2v) is 9.97. The third-order valence-electron chi connectivity index (χ3n) is 7.52. The Hall–Kier alpha value is -2.17. The maximum absolute atomic E-state index is 13.3. The highest BCUT2D eigenvalue weighted by Gasteiger charge is 2.33. The Morgan fingerprint density at radius 2 is 1.78 bits per heavy atom. The molecular weight excluding hydrogens is 420 g/mol. The fourth-order valence-corrected chi connectivity index (χ4v) is 5.93. The highest BCUT2D eigenvalue weighted by Crippen LogP contribution is 2.39. The van der Waals surface area contributed by atoms with Gasteiger partial charge in [0.1, 0.15) is 0 Å². The number of aryl methyl sites for hydroxylation is 1. The van der Waals surface area contributed by atoms with Crippen LogP contribution in [0.3, 0.4) is 0 Å². The third-order valence-corrected chi connectivity index (χ3v) is 7.88. The number of halogens is 1. The van der Waals surface area contributed by atoms with Crippen LogP contribution in [0.25, 0.3) is 0 Å². The van der Waals surface area contributed by atoms with Crippen LogP contribution in [-0.4, -0.2) is 31.3 Å². The Balaban J connectivity index is 1.12. The first-order chi connectivity index (χ1) is 15.6. The Morgan fingerprint density at radius 1 is 1.03 bits per heavy atom. The predicted molar refractivity (Wildman–Crippen MR) is 129 cm³/mol. The van der Waals surface area contributed by atoms with Crippen molar-refractivity contribution in [3.05, 3.63) is 63.7 Å². The molecule has 1 saturated carbocycles. The van der Waals surface area contributed by atoms with Crippen molar-refractivity contribution < 1.29 is 9.59 Å². The summed E-state index contributed by atoms with van der Waals surface area (Å²) in [6.45, 7) is 2.71. The second-order valence-electron chi connectivity index (χ2n) is 9.57. The van der Waals surface area contributed by atoms with E-state index in [2.05, 4.69) is 23.5 Å². The first-order valence-electron chi connectivity index (χ1n) is 12.0. The Kier molecular flexibility index (Phi) is 6.34. The molecule has 2 aliphatic heterocycles. The minimum absolute atomic E-state index is 0.141. The molecule has 0 unspecified atom stereocenters. The lowest BCUT2D eigenvalue weighted by Gasteiger charge is -2.29. The van der Waals surface area contributed by atoms with Gasteiger partial charge >= 0.3 is 0 Å². The number of Topliss-reactive ketones (excluding diaryl/α,β-unsaturated/α-hetero) is 1. The average Bonchev–Trinajstić information content (AvgIpc) is 3.25. The molecular formula is C27H31ClN2O2. The van der Waals surface area contributed by atoms with Crippen LogP contribution in [0.4, 0.5) is 5.69 Å². The molecule has 5 rings (SSSR count). The molecule has 0 spiro atoms. The number of hydrogen-bond donors (Lipinski definition) is 1. The number of carbonyl (C=O) groups excluding carboxylic acids is 2. The van der Waals surface area contributed by atoms with Crippen molar-refractivity contribution in [2.24, 2.45) is 11.8 Å². The lowest BCUT2D eigenvalue weighted by molar-refractivity contribution is -0.118. The van der Waals surface area contributed by atoms with Crippen LogP contribution in [0.1, 0.15) is 59.2 Å². The first kappa shape index (κ1) is 21.7. The standard InChI is InChI=1S/C27H31ClN2O2/c28-24-4-2-1-3-19(24)11-13-29-17-18-5-7-20(8-6-18)27(32)23-15-21-9-10-25(31)30-14-12-22(16-23)26(21)30/h1-4,15-16,18,20,29H,5-14,17H2. The van der Waals surface area contributed by atoms with Crippen LogP contribution in [0, 0.1) is 11.8 Å². The normalized spacial score (nSPS) is 22.2. The van der Waals surface area contributed by atoms with Crippen LogP contribution in [-0.2, 0) is 24.1 Å².